The summed E-state index contributed by atoms with van der Waals surface area (Å²) in [6.45, 7) is 1.56. The smallest absolute Gasteiger partial charge is 0.244 e. The molecule has 1 amide bonds. The highest BCUT2D eigenvalue weighted by Crippen LogP contribution is 2.25. The summed E-state index contributed by atoms with van der Waals surface area (Å²) < 4.78 is 5.87. The SMILES string of the molecule is C[NH+](C)CCNC(=O)/C=C/c1ccccc1Oc1ccccc1. The molecule has 0 fully saturated rings. The first kappa shape index (κ1) is 16.8. The van der Waals surface area contributed by atoms with Gasteiger partial charge in [0.25, 0.3) is 0 Å². The van der Waals surface area contributed by atoms with E-state index in [1.165, 1.54) is 11.0 Å². The Morgan fingerprint density at radius 2 is 1.78 bits per heavy atom. The van der Waals surface area contributed by atoms with Crippen molar-refractivity contribution >= 4 is 12.0 Å². The van der Waals surface area contributed by atoms with E-state index in [2.05, 4.69) is 19.4 Å². The van der Waals surface area contributed by atoms with Crippen molar-refractivity contribution in [2.45, 2.75) is 0 Å². The van der Waals surface area contributed by atoms with Gasteiger partial charge in [-0.15, -0.1) is 0 Å². The molecule has 120 valence electrons. The van der Waals surface area contributed by atoms with Crippen LogP contribution in [0.4, 0.5) is 0 Å². The van der Waals surface area contributed by atoms with E-state index >= 15 is 0 Å². The molecule has 0 aliphatic carbocycles. The third kappa shape index (κ3) is 5.96. The molecule has 2 aromatic carbocycles. The molecular formula is C19H23N2O2+. The fraction of sp³-hybridized carbons (Fsp3) is 0.211. The van der Waals surface area contributed by atoms with Gasteiger partial charge in [0.15, 0.2) is 0 Å². The molecule has 0 aromatic heterocycles. The normalized spacial score (nSPS) is 10.9. The number of hydrogen-bond acceptors (Lipinski definition) is 2. The Kier molecular flexibility index (Phi) is 6.39. The molecule has 2 N–H and O–H groups in total. The second kappa shape index (κ2) is 8.76. The van der Waals surface area contributed by atoms with E-state index in [-0.39, 0.29) is 5.91 Å². The zero-order valence-electron chi connectivity index (χ0n) is 13.6. The first-order valence-electron chi connectivity index (χ1n) is 7.72. The first-order valence-corrected chi connectivity index (χ1v) is 7.72. The lowest BCUT2D eigenvalue weighted by atomic mass is 10.2. The second-order valence-electron chi connectivity index (χ2n) is 5.53. The molecule has 0 atom stereocenters. The van der Waals surface area contributed by atoms with Crippen molar-refractivity contribution in [1.29, 1.82) is 0 Å². The van der Waals surface area contributed by atoms with Gasteiger partial charge in [0.2, 0.25) is 5.91 Å². The summed E-state index contributed by atoms with van der Waals surface area (Å²) in [7, 11) is 4.11. The van der Waals surface area contributed by atoms with E-state index in [9.17, 15) is 4.79 Å². The second-order valence-corrected chi connectivity index (χ2v) is 5.53. The van der Waals surface area contributed by atoms with E-state index < -0.39 is 0 Å². The molecule has 0 aliphatic heterocycles. The molecule has 0 heterocycles. The Hall–Kier alpha value is -2.59. The molecule has 2 rings (SSSR count). The summed E-state index contributed by atoms with van der Waals surface area (Å²) >= 11 is 0. The van der Waals surface area contributed by atoms with E-state index in [1.54, 1.807) is 6.08 Å². The van der Waals surface area contributed by atoms with Gasteiger partial charge in [0, 0.05) is 11.6 Å². The molecule has 23 heavy (non-hydrogen) atoms. The summed E-state index contributed by atoms with van der Waals surface area (Å²) in [5, 5.41) is 2.87. The number of amides is 1. The van der Waals surface area contributed by atoms with Crippen LogP contribution in [0.3, 0.4) is 0 Å². The van der Waals surface area contributed by atoms with Gasteiger partial charge in [-0.25, -0.2) is 0 Å². The van der Waals surface area contributed by atoms with Gasteiger partial charge in [-0.3, -0.25) is 4.79 Å². The molecule has 4 heteroatoms. The van der Waals surface area contributed by atoms with Gasteiger partial charge in [-0.2, -0.15) is 0 Å². The number of likely N-dealkylation sites (N-methyl/N-ethyl adjacent to an activating group) is 1. The minimum atomic E-state index is -0.0965. The number of rotatable bonds is 7. The Morgan fingerprint density at radius 3 is 2.52 bits per heavy atom. The van der Waals surface area contributed by atoms with Crippen LogP contribution >= 0.6 is 0 Å². The zero-order chi connectivity index (χ0) is 16.5. The molecule has 0 unspecified atom stereocenters. The predicted molar refractivity (Wildman–Crippen MR) is 92.7 cm³/mol. The highest BCUT2D eigenvalue weighted by atomic mass is 16.5. The van der Waals surface area contributed by atoms with Gasteiger partial charge in [-0.1, -0.05) is 36.4 Å². The van der Waals surface area contributed by atoms with Gasteiger partial charge in [0.05, 0.1) is 27.2 Å². The average molecular weight is 311 g/mol. The van der Waals surface area contributed by atoms with Crippen molar-refractivity contribution in [3.05, 3.63) is 66.2 Å². The quantitative estimate of drug-likeness (QED) is 0.765. The minimum Gasteiger partial charge on any atom is -0.457 e. The number of carbonyl (C=O) groups is 1. The number of para-hydroxylation sites is 2. The molecular weight excluding hydrogens is 288 g/mol. The van der Waals surface area contributed by atoms with Crippen molar-refractivity contribution in [3.8, 4) is 11.5 Å². The van der Waals surface area contributed by atoms with Crippen molar-refractivity contribution in [1.82, 2.24) is 5.32 Å². The molecule has 0 bridgehead atoms. The van der Waals surface area contributed by atoms with Crippen LogP contribution < -0.4 is 15.0 Å². The van der Waals surface area contributed by atoms with E-state index in [0.29, 0.717) is 6.54 Å². The van der Waals surface area contributed by atoms with Crippen LogP contribution in [0.2, 0.25) is 0 Å². The number of ether oxygens (including phenoxy) is 1. The summed E-state index contributed by atoms with van der Waals surface area (Å²) in [5.41, 5.74) is 0.865. The van der Waals surface area contributed by atoms with Crippen LogP contribution in [0.1, 0.15) is 5.56 Å². The summed E-state index contributed by atoms with van der Waals surface area (Å²) in [5.74, 6) is 1.40. The fourth-order valence-corrected chi connectivity index (χ4v) is 1.99. The van der Waals surface area contributed by atoms with Crippen LogP contribution in [0, 0.1) is 0 Å². The highest BCUT2D eigenvalue weighted by Gasteiger charge is 2.03. The van der Waals surface area contributed by atoms with Crippen LogP contribution in [0.5, 0.6) is 11.5 Å². The Bertz CT molecular complexity index is 651. The van der Waals surface area contributed by atoms with Crippen LogP contribution in [0.25, 0.3) is 6.08 Å². The molecule has 0 saturated carbocycles. The molecule has 0 saturated heterocycles. The maximum absolute atomic E-state index is 11.8. The lowest BCUT2D eigenvalue weighted by Gasteiger charge is -2.09. The molecule has 0 radical (unpaired) electrons. The minimum absolute atomic E-state index is 0.0965. The average Bonchev–Trinajstić information content (AvgIpc) is 2.55. The number of nitrogens with one attached hydrogen (secondary N) is 2. The highest BCUT2D eigenvalue weighted by molar-refractivity contribution is 5.92. The summed E-state index contributed by atoms with van der Waals surface area (Å²) in [6.07, 6.45) is 3.31. The van der Waals surface area contributed by atoms with E-state index in [4.69, 9.17) is 4.74 Å². The van der Waals surface area contributed by atoms with Gasteiger partial charge < -0.3 is 15.0 Å². The Balaban J connectivity index is 2.00. The summed E-state index contributed by atoms with van der Waals surface area (Å²) in [4.78, 5) is 13.1. The number of hydrogen-bond donors (Lipinski definition) is 2. The molecule has 4 nitrogen and oxygen atoms in total. The van der Waals surface area contributed by atoms with Gasteiger partial charge in [-0.05, 0) is 24.3 Å². The third-order valence-corrected chi connectivity index (χ3v) is 3.23. The number of quaternary nitrogens is 1. The van der Waals surface area contributed by atoms with E-state index in [0.717, 1.165) is 23.6 Å². The molecule has 0 spiro atoms. The van der Waals surface area contributed by atoms with Crippen molar-refractivity contribution in [2.24, 2.45) is 0 Å². The fourth-order valence-electron chi connectivity index (χ4n) is 1.99. The first-order chi connectivity index (χ1) is 11.1. The number of carbonyl (C=O) groups excluding carboxylic acids is 1. The number of benzene rings is 2. The largest absolute Gasteiger partial charge is 0.457 e. The van der Waals surface area contributed by atoms with Crippen LogP contribution in [0.15, 0.2) is 60.7 Å². The Morgan fingerprint density at radius 1 is 1.09 bits per heavy atom. The lowest BCUT2D eigenvalue weighted by molar-refractivity contribution is -0.856. The van der Waals surface area contributed by atoms with Crippen molar-refractivity contribution < 1.29 is 14.4 Å². The maximum Gasteiger partial charge on any atom is 0.244 e. The predicted octanol–water partition coefficient (Wildman–Crippen LogP) is 1.75. The van der Waals surface area contributed by atoms with Gasteiger partial charge >= 0.3 is 0 Å². The van der Waals surface area contributed by atoms with Crippen LogP contribution in [-0.2, 0) is 4.79 Å². The van der Waals surface area contributed by atoms with Crippen molar-refractivity contribution in [2.75, 3.05) is 27.2 Å². The molecule has 2 aromatic rings. The van der Waals surface area contributed by atoms with E-state index in [1.807, 2.05) is 54.6 Å². The van der Waals surface area contributed by atoms with Gasteiger partial charge in [0.1, 0.15) is 11.5 Å². The summed E-state index contributed by atoms with van der Waals surface area (Å²) in [6, 6.07) is 17.2. The molecule has 0 aliphatic rings. The standard InChI is InChI=1S/C19H22N2O2/c1-21(2)15-14-20-19(22)13-12-16-8-6-7-11-18(16)23-17-9-4-3-5-10-17/h3-13H,14-15H2,1-2H3,(H,20,22)/p+1/b13-12+. The topological polar surface area (TPSA) is 42.8 Å². The zero-order valence-corrected chi connectivity index (χ0v) is 13.6. The maximum atomic E-state index is 11.8. The lowest BCUT2D eigenvalue weighted by Crippen LogP contribution is -3.06. The van der Waals surface area contributed by atoms with Crippen LogP contribution in [-0.4, -0.2) is 33.1 Å². The monoisotopic (exact) mass is 311 g/mol. The third-order valence-electron chi connectivity index (χ3n) is 3.23. The Labute approximate surface area is 137 Å². The van der Waals surface area contributed by atoms with Crippen molar-refractivity contribution in [3.63, 3.8) is 0 Å².